The van der Waals surface area contributed by atoms with E-state index in [-0.39, 0.29) is 11.9 Å². The highest BCUT2D eigenvalue weighted by Crippen LogP contribution is 2.52. The zero-order chi connectivity index (χ0) is 19.6. The number of benzene rings is 2. The Balaban J connectivity index is 1.70. The van der Waals surface area contributed by atoms with Crippen LogP contribution in [0.25, 0.3) is 6.08 Å². The summed E-state index contributed by atoms with van der Waals surface area (Å²) in [6.45, 7) is 0. The van der Waals surface area contributed by atoms with Crippen LogP contribution < -0.4 is 0 Å². The maximum absolute atomic E-state index is 13.1. The largest absolute Gasteiger partial charge is 0.426 e. The van der Waals surface area contributed by atoms with Gasteiger partial charge in [-0.1, -0.05) is 72.8 Å². The molecule has 1 heterocycles. The summed E-state index contributed by atoms with van der Waals surface area (Å²) in [6.07, 6.45) is 10.9. The molecule has 1 spiro atoms. The second kappa shape index (κ2) is 8.14. The van der Waals surface area contributed by atoms with Crippen molar-refractivity contribution in [1.29, 1.82) is 0 Å². The number of carbonyl (C=O) groups excluding carboxylic acids is 1. The van der Waals surface area contributed by atoms with Crippen molar-refractivity contribution in [2.24, 2.45) is 5.41 Å². The molecule has 0 N–H and O–H groups in total. The maximum Gasteiger partial charge on any atom is 0.318 e. The lowest BCUT2D eigenvalue weighted by Gasteiger charge is -2.43. The Labute approximate surface area is 175 Å². The van der Waals surface area contributed by atoms with Crippen molar-refractivity contribution in [3.8, 4) is 0 Å². The van der Waals surface area contributed by atoms with Gasteiger partial charge in [-0.3, -0.25) is 4.79 Å². The molecule has 1 saturated carbocycles. The van der Waals surface area contributed by atoms with Crippen molar-refractivity contribution in [3.05, 3.63) is 87.6 Å². The molecule has 2 nitrogen and oxygen atoms in total. The lowest BCUT2D eigenvalue weighted by molar-refractivity contribution is -0.156. The summed E-state index contributed by atoms with van der Waals surface area (Å²) in [4.78, 5) is 13.1. The predicted molar refractivity (Wildman–Crippen MR) is 114 cm³/mol. The van der Waals surface area contributed by atoms with E-state index in [2.05, 4.69) is 6.08 Å². The molecule has 0 amide bonds. The van der Waals surface area contributed by atoms with Crippen LogP contribution in [0.5, 0.6) is 0 Å². The molecule has 1 aliphatic heterocycles. The van der Waals surface area contributed by atoms with E-state index in [0.717, 1.165) is 36.8 Å². The van der Waals surface area contributed by atoms with Gasteiger partial charge in [0.15, 0.2) is 0 Å². The van der Waals surface area contributed by atoms with Gasteiger partial charge < -0.3 is 4.74 Å². The third-order valence-electron chi connectivity index (χ3n) is 5.83. The molecule has 2 aromatic carbocycles. The highest BCUT2D eigenvalue weighted by molar-refractivity contribution is 6.30. The van der Waals surface area contributed by atoms with Crippen molar-refractivity contribution >= 4 is 35.2 Å². The molecule has 144 valence electrons. The zero-order valence-corrected chi connectivity index (χ0v) is 17.0. The van der Waals surface area contributed by atoms with E-state index in [1.54, 1.807) is 0 Å². The first kappa shape index (κ1) is 19.3. The Morgan fingerprint density at radius 1 is 0.857 bits per heavy atom. The number of hydrogen-bond acceptors (Lipinski definition) is 2. The number of ether oxygens (including phenoxy) is 1. The van der Waals surface area contributed by atoms with Gasteiger partial charge in [0.2, 0.25) is 0 Å². The molecule has 1 atom stereocenters. The first-order valence-electron chi connectivity index (χ1n) is 9.70. The monoisotopic (exact) mass is 412 g/mol. The van der Waals surface area contributed by atoms with Crippen LogP contribution in [0, 0.1) is 5.41 Å². The summed E-state index contributed by atoms with van der Waals surface area (Å²) in [7, 11) is 0. The highest BCUT2D eigenvalue weighted by atomic mass is 35.5. The summed E-state index contributed by atoms with van der Waals surface area (Å²) < 4.78 is 5.78. The van der Waals surface area contributed by atoms with E-state index in [4.69, 9.17) is 27.9 Å². The third kappa shape index (κ3) is 3.90. The SMILES string of the molecule is O=C1OC(C=Cc2ccc(Cl)cc2)=CC(c2ccc(Cl)cc2)C12CCCCC2. The zero-order valence-electron chi connectivity index (χ0n) is 15.5. The highest BCUT2D eigenvalue weighted by Gasteiger charge is 2.49. The minimum Gasteiger partial charge on any atom is -0.426 e. The molecule has 4 heteroatoms. The van der Waals surface area contributed by atoms with Crippen LogP contribution in [0.3, 0.4) is 0 Å². The van der Waals surface area contributed by atoms with Crippen molar-refractivity contribution < 1.29 is 9.53 Å². The number of allylic oxidation sites excluding steroid dienone is 2. The molecule has 28 heavy (non-hydrogen) atoms. The first-order chi connectivity index (χ1) is 13.6. The summed E-state index contributed by atoms with van der Waals surface area (Å²) in [5.74, 6) is 0.484. The van der Waals surface area contributed by atoms with Crippen LogP contribution in [0.1, 0.15) is 49.1 Å². The average Bonchev–Trinajstić information content (AvgIpc) is 2.71. The average molecular weight is 413 g/mol. The molecular weight excluding hydrogens is 391 g/mol. The minimum atomic E-state index is -0.469. The van der Waals surface area contributed by atoms with Crippen LogP contribution in [0.2, 0.25) is 10.0 Å². The van der Waals surface area contributed by atoms with Crippen LogP contribution in [-0.4, -0.2) is 5.97 Å². The molecule has 0 radical (unpaired) electrons. The molecule has 0 saturated heterocycles. The fourth-order valence-corrected chi connectivity index (χ4v) is 4.57. The van der Waals surface area contributed by atoms with Crippen LogP contribution in [0.15, 0.2) is 66.4 Å². The molecule has 1 aliphatic carbocycles. The summed E-state index contributed by atoms with van der Waals surface area (Å²) >= 11 is 12.0. The van der Waals surface area contributed by atoms with Gasteiger partial charge in [0.05, 0.1) is 5.41 Å². The van der Waals surface area contributed by atoms with Gasteiger partial charge in [0, 0.05) is 16.0 Å². The first-order valence-corrected chi connectivity index (χ1v) is 10.5. The Bertz CT molecular complexity index is 905. The molecular formula is C24H22Cl2O2. The maximum atomic E-state index is 13.1. The molecule has 4 rings (SSSR count). The van der Waals surface area contributed by atoms with Gasteiger partial charge in [0.25, 0.3) is 0 Å². The summed E-state index contributed by atoms with van der Waals surface area (Å²) in [5, 5.41) is 1.40. The van der Waals surface area contributed by atoms with Crippen molar-refractivity contribution in [2.75, 3.05) is 0 Å². The standard InChI is InChI=1S/C24H22Cl2O2/c25-19-9-4-17(5-10-19)6-13-21-16-22(18-7-11-20(26)12-8-18)24(23(27)28-21)14-2-1-3-15-24/h4-13,16,22H,1-3,14-15H2. The van der Waals surface area contributed by atoms with Crippen molar-refractivity contribution in [2.45, 2.75) is 38.0 Å². The van der Waals surface area contributed by atoms with Crippen molar-refractivity contribution in [1.82, 2.24) is 0 Å². The number of cyclic esters (lactones) is 1. The Kier molecular flexibility index (Phi) is 5.61. The Hall–Kier alpha value is -2.03. The van der Waals surface area contributed by atoms with Crippen LogP contribution in [0.4, 0.5) is 0 Å². The number of rotatable bonds is 3. The molecule has 1 unspecified atom stereocenters. The minimum absolute atomic E-state index is 0.00353. The number of esters is 1. The lowest BCUT2D eigenvalue weighted by atomic mass is 9.62. The number of hydrogen-bond donors (Lipinski definition) is 0. The Morgan fingerprint density at radius 3 is 2.11 bits per heavy atom. The number of halogens is 2. The van der Waals surface area contributed by atoms with E-state index in [1.807, 2.05) is 60.7 Å². The van der Waals surface area contributed by atoms with Crippen LogP contribution >= 0.6 is 23.2 Å². The quantitative estimate of drug-likeness (QED) is 0.498. The van der Waals surface area contributed by atoms with Gasteiger partial charge in [-0.05, 0) is 60.4 Å². The predicted octanol–water partition coefficient (Wildman–Crippen LogP) is 7.18. The van der Waals surface area contributed by atoms with E-state index < -0.39 is 5.41 Å². The molecule has 1 fully saturated rings. The van der Waals surface area contributed by atoms with Gasteiger partial charge in [0.1, 0.15) is 5.76 Å². The fraction of sp³-hybridized carbons (Fsp3) is 0.292. The lowest BCUT2D eigenvalue weighted by Crippen LogP contribution is -2.42. The van der Waals surface area contributed by atoms with Crippen LogP contribution in [-0.2, 0) is 9.53 Å². The van der Waals surface area contributed by atoms with Gasteiger partial charge in [-0.25, -0.2) is 0 Å². The van der Waals surface area contributed by atoms with Gasteiger partial charge in [-0.2, -0.15) is 0 Å². The van der Waals surface area contributed by atoms with Gasteiger partial charge >= 0.3 is 5.97 Å². The topological polar surface area (TPSA) is 26.3 Å². The molecule has 2 aromatic rings. The third-order valence-corrected chi connectivity index (χ3v) is 6.33. The van der Waals surface area contributed by atoms with Gasteiger partial charge in [-0.15, -0.1) is 0 Å². The second-order valence-corrected chi connectivity index (χ2v) is 8.46. The Morgan fingerprint density at radius 2 is 1.46 bits per heavy atom. The van der Waals surface area contributed by atoms with E-state index in [0.29, 0.717) is 15.8 Å². The molecule has 0 bridgehead atoms. The summed E-state index contributed by atoms with van der Waals surface area (Å²) in [6, 6.07) is 15.4. The summed E-state index contributed by atoms with van der Waals surface area (Å²) in [5.41, 5.74) is 1.65. The number of carbonyl (C=O) groups is 1. The molecule has 2 aliphatic rings. The van der Waals surface area contributed by atoms with E-state index in [1.165, 1.54) is 6.42 Å². The van der Waals surface area contributed by atoms with E-state index in [9.17, 15) is 4.79 Å². The smallest absolute Gasteiger partial charge is 0.318 e. The fourth-order valence-electron chi connectivity index (χ4n) is 4.32. The normalized spacial score (nSPS) is 21.6. The van der Waals surface area contributed by atoms with E-state index >= 15 is 0 Å². The van der Waals surface area contributed by atoms with Crippen molar-refractivity contribution in [3.63, 3.8) is 0 Å². The second-order valence-electron chi connectivity index (χ2n) is 7.59. The molecule has 0 aromatic heterocycles.